The van der Waals surface area contributed by atoms with Crippen LogP contribution in [0.25, 0.3) is 5.69 Å². The van der Waals surface area contributed by atoms with Gasteiger partial charge in [-0.3, -0.25) is 0 Å². The maximum Gasteiger partial charge on any atom is 0.437 e. The van der Waals surface area contributed by atoms with Gasteiger partial charge in [0.1, 0.15) is 0 Å². The number of alkyl halides is 3. The topological polar surface area (TPSA) is 56.1 Å². The van der Waals surface area contributed by atoms with E-state index in [-0.39, 0.29) is 12.2 Å². The lowest BCUT2D eigenvalue weighted by atomic mass is 10.1. The average Bonchev–Trinajstić information content (AvgIpc) is 3.08. The van der Waals surface area contributed by atoms with E-state index in [9.17, 15) is 18.0 Å². The summed E-state index contributed by atoms with van der Waals surface area (Å²) in [5, 5.41) is 6.73. The van der Waals surface area contributed by atoms with E-state index in [4.69, 9.17) is 16.3 Å². The van der Waals surface area contributed by atoms with E-state index >= 15 is 0 Å². The molecule has 146 valence electrons. The zero-order valence-electron chi connectivity index (χ0n) is 14.4. The Balaban J connectivity index is 1.68. The minimum atomic E-state index is -4.76. The van der Waals surface area contributed by atoms with Crippen LogP contribution in [-0.2, 0) is 12.6 Å². The van der Waals surface area contributed by atoms with Crippen LogP contribution in [0, 0.1) is 0 Å². The number of carbonyl (C=O) groups excluding carboxylic acids is 1. The molecular formula is C19H15ClF3N3O2. The van der Waals surface area contributed by atoms with Gasteiger partial charge in [-0.05, 0) is 36.2 Å². The third-order valence-electron chi connectivity index (χ3n) is 3.80. The smallest absolute Gasteiger partial charge is 0.406 e. The molecule has 3 rings (SSSR count). The number of benzene rings is 2. The molecule has 2 aromatic carbocycles. The fraction of sp³-hybridized carbons (Fsp3) is 0.158. The number of amides is 1. The summed E-state index contributed by atoms with van der Waals surface area (Å²) in [5.74, 6) is -0.666. The normalized spacial score (nSPS) is 11.3. The SMILES string of the molecule is O=C(NCCc1ccc(Cl)cc1)Oc1cnn(-c2ccccc2)c1C(F)(F)F. The third-order valence-corrected chi connectivity index (χ3v) is 4.06. The Hall–Kier alpha value is -3.00. The van der Waals surface area contributed by atoms with Crippen LogP contribution in [0.3, 0.4) is 0 Å². The summed E-state index contributed by atoms with van der Waals surface area (Å²) in [7, 11) is 0. The van der Waals surface area contributed by atoms with Crippen molar-refractivity contribution < 1.29 is 22.7 Å². The predicted molar refractivity (Wildman–Crippen MR) is 97.7 cm³/mol. The molecule has 0 spiro atoms. The van der Waals surface area contributed by atoms with E-state index < -0.39 is 23.7 Å². The van der Waals surface area contributed by atoms with Gasteiger partial charge in [0.15, 0.2) is 11.4 Å². The Morgan fingerprint density at radius 1 is 1.11 bits per heavy atom. The summed E-state index contributed by atoms with van der Waals surface area (Å²) in [6.45, 7) is 0.189. The fourth-order valence-corrected chi connectivity index (χ4v) is 2.65. The van der Waals surface area contributed by atoms with Gasteiger partial charge in [-0.25, -0.2) is 9.48 Å². The molecule has 1 N–H and O–H groups in total. The molecule has 3 aromatic rings. The summed E-state index contributed by atoms with van der Waals surface area (Å²) in [4.78, 5) is 11.9. The number of nitrogens with zero attached hydrogens (tertiary/aromatic N) is 2. The number of halogens is 4. The van der Waals surface area contributed by atoms with Crippen LogP contribution in [0.15, 0.2) is 60.8 Å². The van der Waals surface area contributed by atoms with Gasteiger partial charge in [0, 0.05) is 11.6 Å². The van der Waals surface area contributed by atoms with Gasteiger partial charge in [0.25, 0.3) is 0 Å². The van der Waals surface area contributed by atoms with Crippen molar-refractivity contribution in [2.45, 2.75) is 12.6 Å². The van der Waals surface area contributed by atoms with Gasteiger partial charge in [0.2, 0.25) is 0 Å². The standard InChI is InChI=1S/C19H15ClF3N3O2/c20-14-8-6-13(7-9-14)10-11-24-18(27)28-16-12-25-26(17(16)19(21,22)23)15-4-2-1-3-5-15/h1-9,12H,10-11H2,(H,24,27). The third kappa shape index (κ3) is 4.83. The van der Waals surface area contributed by atoms with E-state index in [1.807, 2.05) is 0 Å². The van der Waals surface area contributed by atoms with Crippen LogP contribution in [0.5, 0.6) is 5.75 Å². The molecule has 0 aliphatic rings. The fourth-order valence-electron chi connectivity index (χ4n) is 2.53. The van der Waals surface area contributed by atoms with Gasteiger partial charge in [-0.2, -0.15) is 18.3 Å². The molecule has 5 nitrogen and oxygen atoms in total. The first-order chi connectivity index (χ1) is 13.3. The molecule has 0 radical (unpaired) electrons. The molecule has 0 fully saturated rings. The van der Waals surface area contributed by atoms with Crippen LogP contribution in [-0.4, -0.2) is 22.4 Å². The van der Waals surface area contributed by atoms with Crippen molar-refractivity contribution in [3.63, 3.8) is 0 Å². The highest BCUT2D eigenvalue weighted by Crippen LogP contribution is 2.37. The van der Waals surface area contributed by atoms with Gasteiger partial charge < -0.3 is 10.1 Å². The Morgan fingerprint density at radius 3 is 2.43 bits per heavy atom. The van der Waals surface area contributed by atoms with Gasteiger partial charge in [-0.1, -0.05) is 41.9 Å². The van der Waals surface area contributed by atoms with Crippen LogP contribution in [0.1, 0.15) is 11.3 Å². The van der Waals surface area contributed by atoms with E-state index in [1.165, 1.54) is 12.1 Å². The number of hydrogen-bond acceptors (Lipinski definition) is 3. The van der Waals surface area contributed by atoms with Gasteiger partial charge >= 0.3 is 12.3 Å². The van der Waals surface area contributed by atoms with Gasteiger partial charge in [-0.15, -0.1) is 0 Å². The lowest BCUT2D eigenvalue weighted by molar-refractivity contribution is -0.143. The Morgan fingerprint density at radius 2 is 1.79 bits per heavy atom. The molecule has 1 amide bonds. The van der Waals surface area contributed by atoms with E-state index in [0.29, 0.717) is 16.1 Å². The number of ether oxygens (including phenoxy) is 1. The summed E-state index contributed by atoms with van der Waals surface area (Å²) in [6.07, 6.45) is -4.41. The first-order valence-corrected chi connectivity index (χ1v) is 8.63. The number of rotatable bonds is 5. The second kappa shape index (κ2) is 8.35. The van der Waals surface area contributed by atoms with Crippen LogP contribution < -0.4 is 10.1 Å². The maximum atomic E-state index is 13.5. The average molecular weight is 410 g/mol. The predicted octanol–water partition coefficient (Wildman–Crippen LogP) is 4.88. The summed E-state index contributed by atoms with van der Waals surface area (Å²) in [6, 6.07) is 14.8. The zero-order chi connectivity index (χ0) is 20.1. The molecule has 0 atom stereocenters. The number of nitrogens with one attached hydrogen (secondary N) is 1. The largest absolute Gasteiger partial charge is 0.437 e. The molecule has 0 aliphatic heterocycles. The van der Waals surface area contributed by atoms with Crippen molar-refractivity contribution in [3.8, 4) is 11.4 Å². The highest BCUT2D eigenvalue weighted by atomic mass is 35.5. The van der Waals surface area contributed by atoms with Crippen molar-refractivity contribution in [3.05, 3.63) is 77.1 Å². The van der Waals surface area contributed by atoms with E-state index in [0.717, 1.165) is 11.8 Å². The van der Waals surface area contributed by atoms with Crippen LogP contribution >= 0.6 is 11.6 Å². The molecule has 0 aliphatic carbocycles. The van der Waals surface area contributed by atoms with Crippen molar-refractivity contribution in [2.75, 3.05) is 6.54 Å². The lowest BCUT2D eigenvalue weighted by Gasteiger charge is -2.12. The molecular weight excluding hydrogens is 395 g/mol. The van der Waals surface area contributed by atoms with Gasteiger partial charge in [0.05, 0.1) is 11.9 Å². The minimum absolute atomic E-state index is 0.189. The second-order valence-corrected chi connectivity index (χ2v) is 6.23. The summed E-state index contributed by atoms with van der Waals surface area (Å²) >= 11 is 5.79. The molecule has 1 aromatic heterocycles. The Kier molecular flexibility index (Phi) is 5.89. The quantitative estimate of drug-likeness (QED) is 0.653. The first kappa shape index (κ1) is 19.8. The van der Waals surface area contributed by atoms with Crippen LogP contribution in [0.2, 0.25) is 5.02 Å². The molecule has 0 unspecified atom stereocenters. The Bertz CT molecular complexity index is 941. The summed E-state index contributed by atoms with van der Waals surface area (Å²) in [5.41, 5.74) is -0.0445. The first-order valence-electron chi connectivity index (χ1n) is 8.25. The summed E-state index contributed by atoms with van der Waals surface area (Å²) < 4.78 is 46.1. The highest BCUT2D eigenvalue weighted by Gasteiger charge is 2.40. The van der Waals surface area contributed by atoms with E-state index in [1.54, 1.807) is 42.5 Å². The molecule has 0 saturated carbocycles. The number of aromatic nitrogens is 2. The Labute approximate surface area is 163 Å². The molecule has 9 heteroatoms. The van der Waals surface area contributed by atoms with Crippen molar-refractivity contribution in [1.82, 2.24) is 15.1 Å². The monoisotopic (exact) mass is 409 g/mol. The highest BCUT2D eigenvalue weighted by molar-refractivity contribution is 6.30. The number of para-hydroxylation sites is 1. The van der Waals surface area contributed by atoms with Crippen molar-refractivity contribution >= 4 is 17.7 Å². The van der Waals surface area contributed by atoms with Crippen LogP contribution in [0.4, 0.5) is 18.0 Å². The van der Waals surface area contributed by atoms with E-state index in [2.05, 4.69) is 10.4 Å². The zero-order valence-corrected chi connectivity index (χ0v) is 15.2. The van der Waals surface area contributed by atoms with Crippen molar-refractivity contribution in [2.24, 2.45) is 0 Å². The molecule has 0 bridgehead atoms. The number of hydrogen-bond donors (Lipinski definition) is 1. The molecule has 0 saturated heterocycles. The number of carbonyl (C=O) groups is 1. The molecule has 1 heterocycles. The second-order valence-electron chi connectivity index (χ2n) is 5.80. The molecule has 28 heavy (non-hydrogen) atoms. The van der Waals surface area contributed by atoms with Crippen molar-refractivity contribution in [1.29, 1.82) is 0 Å². The minimum Gasteiger partial charge on any atom is -0.406 e. The lowest BCUT2D eigenvalue weighted by Crippen LogP contribution is -2.29. The maximum absolute atomic E-state index is 13.5.